The van der Waals surface area contributed by atoms with E-state index in [0.29, 0.717) is 5.95 Å². The van der Waals surface area contributed by atoms with Crippen molar-refractivity contribution in [2.75, 3.05) is 50.1 Å². The van der Waals surface area contributed by atoms with E-state index in [9.17, 15) is 0 Å². The molecular weight excluding hydrogens is 244 g/mol. The van der Waals surface area contributed by atoms with Crippen LogP contribution in [0, 0.1) is 6.92 Å². The van der Waals surface area contributed by atoms with E-state index in [2.05, 4.69) is 25.6 Å². The van der Waals surface area contributed by atoms with Crippen LogP contribution in [-0.4, -0.2) is 54.3 Å². The largest absolute Gasteiger partial charge is 0.379 e. The summed E-state index contributed by atoms with van der Waals surface area (Å²) in [5.41, 5.74) is 3.35. The molecule has 106 valence electrons. The maximum absolute atomic E-state index is 5.32. The number of rotatable bonds is 6. The highest BCUT2D eigenvalue weighted by Gasteiger charge is 2.09. The predicted octanol–water partition coefficient (Wildman–Crippen LogP) is 0.205. The van der Waals surface area contributed by atoms with Crippen molar-refractivity contribution in [3.8, 4) is 0 Å². The zero-order chi connectivity index (χ0) is 13.5. The fourth-order valence-corrected chi connectivity index (χ4v) is 2.07. The highest BCUT2D eigenvalue weighted by Crippen LogP contribution is 2.08. The summed E-state index contributed by atoms with van der Waals surface area (Å²) in [6.45, 7) is 7.66. The lowest BCUT2D eigenvalue weighted by Gasteiger charge is -2.26. The summed E-state index contributed by atoms with van der Waals surface area (Å²) in [5, 5.41) is 3.30. The Labute approximate surface area is 113 Å². The van der Waals surface area contributed by atoms with Crippen LogP contribution in [0.3, 0.4) is 0 Å². The maximum Gasteiger partial charge on any atom is 0.239 e. The molecule has 0 bridgehead atoms. The molecular formula is C12H22N6O. The molecule has 0 unspecified atom stereocenters. The van der Waals surface area contributed by atoms with Crippen LogP contribution >= 0.6 is 0 Å². The Bertz CT molecular complexity index is 394. The van der Waals surface area contributed by atoms with E-state index in [4.69, 9.17) is 10.6 Å². The molecule has 4 N–H and O–H groups in total. The Kier molecular flexibility index (Phi) is 5.31. The fraction of sp³-hybridized carbons (Fsp3) is 0.667. The second kappa shape index (κ2) is 7.22. The number of hydrazine groups is 1. The number of aromatic nitrogens is 2. The van der Waals surface area contributed by atoms with Crippen molar-refractivity contribution >= 4 is 11.8 Å². The van der Waals surface area contributed by atoms with Gasteiger partial charge in [0.15, 0.2) is 0 Å². The second-order valence-electron chi connectivity index (χ2n) is 4.60. The molecule has 2 rings (SSSR count). The molecule has 1 saturated heterocycles. The third-order valence-corrected chi connectivity index (χ3v) is 3.04. The highest BCUT2D eigenvalue weighted by molar-refractivity contribution is 5.41. The Morgan fingerprint density at radius 1 is 1.37 bits per heavy atom. The molecule has 0 amide bonds. The summed E-state index contributed by atoms with van der Waals surface area (Å²) in [4.78, 5) is 10.8. The number of ether oxygens (including phenoxy) is 1. The lowest BCUT2D eigenvalue weighted by molar-refractivity contribution is 0.0378. The van der Waals surface area contributed by atoms with Gasteiger partial charge in [-0.2, -0.15) is 4.98 Å². The van der Waals surface area contributed by atoms with E-state index in [1.54, 1.807) is 0 Å². The first-order valence-electron chi connectivity index (χ1n) is 6.64. The van der Waals surface area contributed by atoms with Crippen LogP contribution in [-0.2, 0) is 4.74 Å². The molecule has 1 aromatic heterocycles. The third kappa shape index (κ3) is 4.62. The van der Waals surface area contributed by atoms with Gasteiger partial charge >= 0.3 is 0 Å². The Morgan fingerprint density at radius 2 is 2.16 bits per heavy atom. The molecule has 7 nitrogen and oxygen atoms in total. The van der Waals surface area contributed by atoms with Crippen molar-refractivity contribution in [1.82, 2.24) is 14.9 Å². The van der Waals surface area contributed by atoms with E-state index in [1.165, 1.54) is 0 Å². The number of nitrogens with two attached hydrogens (primary N) is 1. The molecule has 0 aromatic carbocycles. The van der Waals surface area contributed by atoms with Crippen molar-refractivity contribution in [3.63, 3.8) is 0 Å². The van der Waals surface area contributed by atoms with E-state index < -0.39 is 0 Å². The SMILES string of the molecule is Cc1cc(NCCCN2CCOCC2)nc(NN)n1. The number of hydrogen-bond acceptors (Lipinski definition) is 7. The molecule has 0 radical (unpaired) electrons. The van der Waals surface area contributed by atoms with Gasteiger partial charge < -0.3 is 10.1 Å². The molecule has 0 saturated carbocycles. The first kappa shape index (κ1) is 14.0. The lowest BCUT2D eigenvalue weighted by Crippen LogP contribution is -2.37. The number of nitrogens with zero attached hydrogens (tertiary/aromatic N) is 3. The normalized spacial score (nSPS) is 16.3. The van der Waals surface area contributed by atoms with Crippen LogP contribution in [0.4, 0.5) is 11.8 Å². The highest BCUT2D eigenvalue weighted by atomic mass is 16.5. The average molecular weight is 266 g/mol. The number of anilines is 2. The molecule has 1 aliphatic rings. The number of nitrogen functional groups attached to an aromatic ring is 1. The number of nitrogens with one attached hydrogen (secondary N) is 2. The van der Waals surface area contributed by atoms with Gasteiger partial charge in [-0.15, -0.1) is 0 Å². The van der Waals surface area contributed by atoms with E-state index >= 15 is 0 Å². The van der Waals surface area contributed by atoms with Crippen LogP contribution in [0.1, 0.15) is 12.1 Å². The molecule has 1 aromatic rings. The van der Waals surface area contributed by atoms with Crippen LogP contribution in [0.15, 0.2) is 6.07 Å². The summed E-state index contributed by atoms with van der Waals surface area (Å²) in [6, 6.07) is 1.91. The topological polar surface area (TPSA) is 88.3 Å². The Morgan fingerprint density at radius 3 is 2.89 bits per heavy atom. The number of aryl methyl sites for hydroxylation is 1. The standard InChI is InChI=1S/C12H22N6O/c1-10-9-11(16-12(15-10)17-13)14-3-2-4-18-5-7-19-8-6-18/h9H,2-8,13H2,1H3,(H2,14,15,16,17). The van der Waals surface area contributed by atoms with Crippen LogP contribution in [0.25, 0.3) is 0 Å². The number of morpholine rings is 1. The molecule has 1 aliphatic heterocycles. The summed E-state index contributed by atoms with van der Waals surface area (Å²) in [5.74, 6) is 6.57. The van der Waals surface area contributed by atoms with Gasteiger partial charge in [-0.3, -0.25) is 10.3 Å². The molecule has 19 heavy (non-hydrogen) atoms. The predicted molar refractivity (Wildman–Crippen MR) is 74.9 cm³/mol. The average Bonchev–Trinajstić information content (AvgIpc) is 2.44. The van der Waals surface area contributed by atoms with Crippen molar-refractivity contribution in [3.05, 3.63) is 11.8 Å². The molecule has 0 aliphatic carbocycles. The first-order valence-corrected chi connectivity index (χ1v) is 6.64. The monoisotopic (exact) mass is 266 g/mol. The van der Waals surface area contributed by atoms with Gasteiger partial charge in [-0.25, -0.2) is 10.8 Å². The minimum absolute atomic E-state index is 0.440. The summed E-state index contributed by atoms with van der Waals surface area (Å²) in [7, 11) is 0. The molecule has 1 fully saturated rings. The maximum atomic E-state index is 5.32. The van der Waals surface area contributed by atoms with Gasteiger partial charge in [-0.1, -0.05) is 0 Å². The second-order valence-corrected chi connectivity index (χ2v) is 4.60. The van der Waals surface area contributed by atoms with Crippen molar-refractivity contribution < 1.29 is 4.74 Å². The quantitative estimate of drug-likeness (QED) is 0.385. The summed E-state index contributed by atoms with van der Waals surface area (Å²) >= 11 is 0. The van der Waals surface area contributed by atoms with Gasteiger partial charge in [0, 0.05) is 31.4 Å². The smallest absolute Gasteiger partial charge is 0.239 e. The van der Waals surface area contributed by atoms with Crippen LogP contribution in [0.5, 0.6) is 0 Å². The molecule has 0 atom stereocenters. The fourth-order valence-electron chi connectivity index (χ4n) is 2.07. The Hall–Kier alpha value is -1.44. The zero-order valence-electron chi connectivity index (χ0n) is 11.4. The van der Waals surface area contributed by atoms with Crippen LogP contribution < -0.4 is 16.6 Å². The van der Waals surface area contributed by atoms with E-state index in [0.717, 1.165) is 57.3 Å². The molecule has 7 heteroatoms. The van der Waals surface area contributed by atoms with Crippen molar-refractivity contribution in [2.24, 2.45) is 5.84 Å². The van der Waals surface area contributed by atoms with Crippen LogP contribution in [0.2, 0.25) is 0 Å². The minimum Gasteiger partial charge on any atom is -0.379 e. The summed E-state index contributed by atoms with van der Waals surface area (Å²) < 4.78 is 5.32. The molecule has 2 heterocycles. The lowest BCUT2D eigenvalue weighted by atomic mass is 10.3. The molecule has 0 spiro atoms. The Balaban J connectivity index is 1.71. The van der Waals surface area contributed by atoms with E-state index in [1.807, 2.05) is 13.0 Å². The van der Waals surface area contributed by atoms with Gasteiger partial charge in [-0.05, 0) is 19.9 Å². The summed E-state index contributed by atoms with van der Waals surface area (Å²) in [6.07, 6.45) is 1.08. The first-order chi connectivity index (χ1) is 9.28. The van der Waals surface area contributed by atoms with Gasteiger partial charge in [0.2, 0.25) is 5.95 Å². The minimum atomic E-state index is 0.440. The third-order valence-electron chi connectivity index (χ3n) is 3.04. The van der Waals surface area contributed by atoms with E-state index in [-0.39, 0.29) is 0 Å². The van der Waals surface area contributed by atoms with Crippen molar-refractivity contribution in [1.29, 1.82) is 0 Å². The van der Waals surface area contributed by atoms with Gasteiger partial charge in [0.25, 0.3) is 0 Å². The van der Waals surface area contributed by atoms with Crippen molar-refractivity contribution in [2.45, 2.75) is 13.3 Å². The van der Waals surface area contributed by atoms with Gasteiger partial charge in [0.1, 0.15) is 5.82 Å². The number of hydrogen-bond donors (Lipinski definition) is 3. The zero-order valence-corrected chi connectivity index (χ0v) is 11.4. The van der Waals surface area contributed by atoms with Gasteiger partial charge in [0.05, 0.1) is 13.2 Å².